The first-order valence-corrected chi connectivity index (χ1v) is 13.8. The molecule has 0 unspecified atom stereocenters. The maximum atomic E-state index is 14.6. The van der Waals surface area contributed by atoms with Gasteiger partial charge in [0.25, 0.3) is 0 Å². The fourth-order valence-corrected chi connectivity index (χ4v) is 5.83. The molecular formula is C32H32FN7O2. The number of benzene rings is 2. The summed E-state index contributed by atoms with van der Waals surface area (Å²) in [6.07, 6.45) is 6.08. The molecule has 1 amide bonds. The van der Waals surface area contributed by atoms with Crippen molar-refractivity contribution in [3.05, 3.63) is 84.8 Å². The van der Waals surface area contributed by atoms with Gasteiger partial charge in [0.2, 0.25) is 5.91 Å². The van der Waals surface area contributed by atoms with Crippen molar-refractivity contribution in [3.63, 3.8) is 0 Å². The number of imidazole rings is 1. The van der Waals surface area contributed by atoms with Crippen LogP contribution in [0.4, 0.5) is 15.9 Å². The van der Waals surface area contributed by atoms with Crippen molar-refractivity contribution in [2.24, 2.45) is 7.05 Å². The van der Waals surface area contributed by atoms with Crippen molar-refractivity contribution in [2.45, 2.75) is 45.1 Å². The summed E-state index contributed by atoms with van der Waals surface area (Å²) in [6, 6.07) is 12.7. The first kappa shape index (κ1) is 27.3. The first-order chi connectivity index (χ1) is 20.1. The molecule has 2 aromatic carbocycles. The summed E-state index contributed by atoms with van der Waals surface area (Å²) in [4.78, 5) is 32.4. The summed E-state index contributed by atoms with van der Waals surface area (Å²) in [7, 11) is 1.75. The molecule has 0 bridgehead atoms. The molecule has 1 atom stereocenters. The standard InChI is InChI=1S/C32H32FN7O2/c1-6-28(41)40-12-11-20(16-32(40,3)4)24-8-9-25-29(38-24)31(35-17-34-25)37-21-7-10-27(19(2)13-21)42-22-14-23(33)30-26(15-22)36-18-39(30)5/h6-10,13-15,17-18,20H,1,11-12,16H2,2-5H3,(H,34,35,37)/t20-/m0/s1. The number of piperidine rings is 1. The maximum Gasteiger partial charge on any atom is 0.246 e. The maximum absolute atomic E-state index is 14.6. The minimum atomic E-state index is -0.389. The second-order valence-corrected chi connectivity index (χ2v) is 11.4. The molecular weight excluding hydrogens is 533 g/mol. The van der Waals surface area contributed by atoms with Crippen molar-refractivity contribution in [1.29, 1.82) is 0 Å². The van der Waals surface area contributed by atoms with Crippen LogP contribution in [0, 0.1) is 12.7 Å². The SMILES string of the molecule is C=CC(=O)N1CC[C@H](c2ccc3ncnc(Nc4ccc(Oc5cc(F)c6c(c5)ncn6C)c(C)c4)c3n2)CC1(C)C. The van der Waals surface area contributed by atoms with Gasteiger partial charge in [0.05, 0.1) is 17.4 Å². The molecule has 1 aliphatic rings. The molecule has 1 saturated heterocycles. The molecule has 3 aromatic heterocycles. The number of fused-ring (bicyclic) bond motifs is 2. The number of pyridine rings is 1. The summed E-state index contributed by atoms with van der Waals surface area (Å²) < 4.78 is 22.3. The Morgan fingerprint density at radius 2 is 1.98 bits per heavy atom. The Morgan fingerprint density at radius 3 is 2.74 bits per heavy atom. The Morgan fingerprint density at radius 1 is 1.14 bits per heavy atom. The van der Waals surface area contributed by atoms with Crippen molar-refractivity contribution >= 4 is 39.5 Å². The number of ether oxygens (including phenoxy) is 1. The fraction of sp³-hybridized carbons (Fsp3) is 0.281. The summed E-state index contributed by atoms with van der Waals surface area (Å²) in [5.74, 6) is 1.34. The topological polar surface area (TPSA) is 98.1 Å². The van der Waals surface area contributed by atoms with Gasteiger partial charge in [-0.05, 0) is 75.6 Å². The van der Waals surface area contributed by atoms with E-state index in [9.17, 15) is 9.18 Å². The largest absolute Gasteiger partial charge is 0.457 e. The number of amides is 1. The molecule has 1 fully saturated rings. The number of carbonyl (C=O) groups is 1. The number of rotatable bonds is 6. The predicted molar refractivity (Wildman–Crippen MR) is 161 cm³/mol. The third-order valence-corrected chi connectivity index (χ3v) is 7.95. The van der Waals surface area contributed by atoms with Crippen molar-refractivity contribution in [2.75, 3.05) is 11.9 Å². The van der Waals surface area contributed by atoms with E-state index in [1.165, 1.54) is 18.5 Å². The number of halogens is 1. The summed E-state index contributed by atoms with van der Waals surface area (Å²) in [5.41, 5.74) is 4.68. The van der Waals surface area contributed by atoms with E-state index in [0.29, 0.717) is 40.4 Å². The van der Waals surface area contributed by atoms with Crippen molar-refractivity contribution < 1.29 is 13.9 Å². The fourth-order valence-electron chi connectivity index (χ4n) is 5.83. The van der Waals surface area contributed by atoms with Gasteiger partial charge < -0.3 is 19.5 Å². The van der Waals surface area contributed by atoms with Gasteiger partial charge in [0.15, 0.2) is 11.6 Å². The minimum absolute atomic E-state index is 0.0436. The van der Waals surface area contributed by atoms with Crippen molar-refractivity contribution in [3.8, 4) is 11.5 Å². The van der Waals surface area contributed by atoms with E-state index < -0.39 is 0 Å². The highest BCUT2D eigenvalue weighted by atomic mass is 19.1. The van der Waals surface area contributed by atoms with Crippen LogP contribution < -0.4 is 10.1 Å². The average Bonchev–Trinajstić information content (AvgIpc) is 3.34. The second kappa shape index (κ2) is 10.5. The number of anilines is 2. The Labute approximate surface area is 243 Å². The van der Waals surface area contributed by atoms with Gasteiger partial charge in [0, 0.05) is 48.6 Å². The second-order valence-electron chi connectivity index (χ2n) is 11.4. The molecule has 0 spiro atoms. The van der Waals surface area contributed by atoms with Crippen LogP contribution in [-0.2, 0) is 11.8 Å². The zero-order valence-electron chi connectivity index (χ0n) is 24.1. The number of likely N-dealkylation sites (tertiary alicyclic amines) is 1. The molecule has 0 saturated carbocycles. The summed E-state index contributed by atoms with van der Waals surface area (Å²) >= 11 is 0. The van der Waals surface area contributed by atoms with Crippen LogP contribution in [0.2, 0.25) is 0 Å². The molecule has 10 heteroatoms. The molecule has 1 aliphatic heterocycles. The van der Waals surface area contributed by atoms with Gasteiger partial charge in [-0.2, -0.15) is 0 Å². The number of hydrogen-bond acceptors (Lipinski definition) is 7. The van der Waals surface area contributed by atoms with Gasteiger partial charge in [-0.1, -0.05) is 6.58 Å². The van der Waals surface area contributed by atoms with E-state index in [1.807, 2.05) is 42.2 Å². The van der Waals surface area contributed by atoms with E-state index in [-0.39, 0.29) is 23.2 Å². The molecule has 6 rings (SSSR count). The van der Waals surface area contributed by atoms with Crippen LogP contribution in [0.25, 0.3) is 22.1 Å². The average molecular weight is 566 g/mol. The molecule has 5 aromatic rings. The van der Waals surface area contributed by atoms with Gasteiger partial charge >= 0.3 is 0 Å². The quantitative estimate of drug-likeness (QED) is 0.233. The lowest BCUT2D eigenvalue weighted by molar-refractivity contribution is -0.133. The number of aryl methyl sites for hydroxylation is 2. The normalized spacial score (nSPS) is 16.5. The summed E-state index contributed by atoms with van der Waals surface area (Å²) in [5, 5.41) is 3.38. The molecule has 0 radical (unpaired) electrons. The monoisotopic (exact) mass is 565 g/mol. The van der Waals surface area contributed by atoms with E-state index >= 15 is 0 Å². The van der Waals surface area contributed by atoms with Crippen LogP contribution >= 0.6 is 0 Å². The van der Waals surface area contributed by atoms with Crippen LogP contribution in [0.5, 0.6) is 11.5 Å². The molecule has 1 N–H and O–H groups in total. The minimum Gasteiger partial charge on any atom is -0.457 e. The van der Waals surface area contributed by atoms with E-state index in [2.05, 4.69) is 40.7 Å². The summed E-state index contributed by atoms with van der Waals surface area (Å²) in [6.45, 7) is 10.4. The number of carbonyl (C=O) groups excluding carboxylic acids is 1. The molecule has 214 valence electrons. The predicted octanol–water partition coefficient (Wildman–Crippen LogP) is 6.57. The third kappa shape index (κ3) is 5.04. The molecule has 9 nitrogen and oxygen atoms in total. The zero-order chi connectivity index (χ0) is 29.6. The smallest absolute Gasteiger partial charge is 0.246 e. The van der Waals surface area contributed by atoms with Gasteiger partial charge in [0.1, 0.15) is 28.9 Å². The van der Waals surface area contributed by atoms with Gasteiger partial charge in [-0.15, -0.1) is 0 Å². The first-order valence-electron chi connectivity index (χ1n) is 13.8. The molecule has 42 heavy (non-hydrogen) atoms. The molecule has 4 heterocycles. The lowest BCUT2D eigenvalue weighted by Crippen LogP contribution is -2.51. The van der Waals surface area contributed by atoms with Gasteiger partial charge in [-0.25, -0.2) is 24.3 Å². The zero-order valence-corrected chi connectivity index (χ0v) is 24.1. The van der Waals surface area contributed by atoms with Crippen LogP contribution in [0.3, 0.4) is 0 Å². The Bertz CT molecular complexity index is 1850. The van der Waals surface area contributed by atoms with Crippen LogP contribution in [-0.4, -0.2) is 47.4 Å². The number of nitrogens with one attached hydrogen (secondary N) is 1. The Balaban J connectivity index is 1.23. The van der Waals surface area contributed by atoms with Gasteiger partial charge in [-0.3, -0.25) is 4.79 Å². The van der Waals surface area contributed by atoms with E-state index in [4.69, 9.17) is 9.72 Å². The van der Waals surface area contributed by atoms with E-state index in [0.717, 1.165) is 35.3 Å². The van der Waals surface area contributed by atoms with E-state index in [1.54, 1.807) is 24.0 Å². The number of aromatic nitrogens is 5. The highest BCUT2D eigenvalue weighted by molar-refractivity contribution is 5.88. The highest BCUT2D eigenvalue weighted by Crippen LogP contribution is 2.38. The number of nitrogens with zero attached hydrogens (tertiary/aromatic N) is 6. The number of hydrogen-bond donors (Lipinski definition) is 1. The third-order valence-electron chi connectivity index (χ3n) is 7.95. The van der Waals surface area contributed by atoms with Crippen LogP contribution in [0.15, 0.2) is 67.8 Å². The highest BCUT2D eigenvalue weighted by Gasteiger charge is 2.37. The lowest BCUT2D eigenvalue weighted by Gasteiger charge is -2.45. The van der Waals surface area contributed by atoms with Crippen molar-refractivity contribution in [1.82, 2.24) is 29.4 Å². The molecule has 0 aliphatic carbocycles. The Hall–Kier alpha value is -4.86. The lowest BCUT2D eigenvalue weighted by atomic mass is 9.80. The van der Waals surface area contributed by atoms with Crippen LogP contribution in [0.1, 0.15) is 43.9 Å². The Kier molecular flexibility index (Phi) is 6.84.